The summed E-state index contributed by atoms with van der Waals surface area (Å²) in [5.74, 6) is 0.631. The molecule has 1 aromatic carbocycles. The van der Waals surface area contributed by atoms with E-state index in [-0.39, 0.29) is 5.41 Å². The van der Waals surface area contributed by atoms with Crippen molar-refractivity contribution in [2.45, 2.75) is 26.7 Å². The molecule has 3 N–H and O–H groups in total. The van der Waals surface area contributed by atoms with E-state index in [9.17, 15) is 0 Å². The first-order valence-electron chi connectivity index (χ1n) is 7.26. The van der Waals surface area contributed by atoms with Crippen molar-refractivity contribution in [1.29, 1.82) is 0 Å². The number of rotatable bonds is 1. The molecule has 0 amide bonds. The lowest BCUT2D eigenvalue weighted by atomic mass is 9.90. The predicted molar refractivity (Wildman–Crippen MR) is 84.9 cm³/mol. The monoisotopic (exact) mass is 278 g/mol. The quantitative estimate of drug-likeness (QED) is 0.717. The van der Waals surface area contributed by atoms with Gasteiger partial charge in [0, 0.05) is 5.56 Å². The van der Waals surface area contributed by atoms with Crippen LogP contribution < -0.4 is 5.73 Å². The molecule has 1 aliphatic rings. The molecule has 106 valence electrons. The lowest BCUT2D eigenvalue weighted by molar-refractivity contribution is 0.393. The fourth-order valence-electron chi connectivity index (χ4n) is 3.43. The molecule has 0 radical (unpaired) electrons. The van der Waals surface area contributed by atoms with Gasteiger partial charge in [-0.3, -0.25) is 5.10 Å². The summed E-state index contributed by atoms with van der Waals surface area (Å²) in [6, 6.07) is 10.3. The van der Waals surface area contributed by atoms with Crippen LogP contribution in [0.2, 0.25) is 0 Å². The van der Waals surface area contributed by atoms with Gasteiger partial charge in [-0.15, -0.1) is 0 Å². The van der Waals surface area contributed by atoms with Gasteiger partial charge in [0.25, 0.3) is 0 Å². The van der Waals surface area contributed by atoms with Crippen LogP contribution in [0.4, 0.5) is 5.82 Å². The van der Waals surface area contributed by atoms with Crippen LogP contribution >= 0.6 is 0 Å². The fourth-order valence-corrected chi connectivity index (χ4v) is 3.43. The Balaban J connectivity index is 2.06. The van der Waals surface area contributed by atoms with E-state index in [2.05, 4.69) is 36.2 Å². The van der Waals surface area contributed by atoms with Gasteiger partial charge < -0.3 is 5.73 Å². The number of hydrogen-bond acceptors (Lipinski definition) is 3. The van der Waals surface area contributed by atoms with Crippen molar-refractivity contribution in [1.82, 2.24) is 15.2 Å². The van der Waals surface area contributed by atoms with Crippen LogP contribution in [0.3, 0.4) is 0 Å². The first kappa shape index (κ1) is 12.4. The highest BCUT2D eigenvalue weighted by Crippen LogP contribution is 2.44. The van der Waals surface area contributed by atoms with Crippen LogP contribution in [0.5, 0.6) is 0 Å². The summed E-state index contributed by atoms with van der Waals surface area (Å²) in [4.78, 5) is 4.78. The van der Waals surface area contributed by atoms with E-state index in [1.54, 1.807) is 0 Å². The number of nitrogens with two attached hydrogens (primary N) is 1. The molecule has 0 saturated heterocycles. The van der Waals surface area contributed by atoms with E-state index in [1.165, 1.54) is 11.1 Å². The number of nitrogens with zero attached hydrogens (tertiary/aromatic N) is 2. The summed E-state index contributed by atoms with van der Waals surface area (Å²) in [5.41, 5.74) is 11.9. The zero-order valence-electron chi connectivity index (χ0n) is 12.3. The van der Waals surface area contributed by atoms with Crippen molar-refractivity contribution in [2.24, 2.45) is 5.41 Å². The average molecular weight is 278 g/mol. The first-order valence-corrected chi connectivity index (χ1v) is 7.26. The van der Waals surface area contributed by atoms with Crippen LogP contribution in [0.15, 0.2) is 30.3 Å². The second-order valence-electron chi connectivity index (χ2n) is 6.64. The number of nitrogen functional groups attached to an aromatic ring is 1. The van der Waals surface area contributed by atoms with Gasteiger partial charge in [-0.25, -0.2) is 4.98 Å². The third-order valence-corrected chi connectivity index (χ3v) is 4.30. The summed E-state index contributed by atoms with van der Waals surface area (Å²) >= 11 is 0. The predicted octanol–water partition coefficient (Wildman–Crippen LogP) is 3.33. The van der Waals surface area contributed by atoms with Gasteiger partial charge in [0.15, 0.2) is 5.65 Å². The number of aromatic amines is 1. The molecule has 3 aromatic rings. The molecule has 4 rings (SSSR count). The Labute approximate surface area is 123 Å². The Kier molecular flexibility index (Phi) is 2.40. The molecule has 0 aliphatic heterocycles. The van der Waals surface area contributed by atoms with Gasteiger partial charge in [-0.2, -0.15) is 5.10 Å². The van der Waals surface area contributed by atoms with Crippen molar-refractivity contribution >= 4 is 16.9 Å². The van der Waals surface area contributed by atoms with E-state index >= 15 is 0 Å². The summed E-state index contributed by atoms with van der Waals surface area (Å²) in [6.07, 6.45) is 2.05. The van der Waals surface area contributed by atoms with E-state index in [1.807, 2.05) is 18.2 Å². The first-order chi connectivity index (χ1) is 10.1. The summed E-state index contributed by atoms with van der Waals surface area (Å²) in [7, 11) is 0. The van der Waals surface area contributed by atoms with Crippen molar-refractivity contribution in [3.63, 3.8) is 0 Å². The third-order valence-electron chi connectivity index (χ3n) is 4.30. The molecule has 2 heterocycles. The SMILES string of the molecule is CC1(C)Cc2c(-c3ccccc3)nc3n[nH]c(N)c3c2C1. The Morgan fingerprint density at radius 3 is 2.57 bits per heavy atom. The van der Waals surface area contributed by atoms with Crippen LogP contribution in [0, 0.1) is 5.41 Å². The molecule has 21 heavy (non-hydrogen) atoms. The van der Waals surface area contributed by atoms with Crippen LogP contribution in [-0.4, -0.2) is 15.2 Å². The molecule has 4 nitrogen and oxygen atoms in total. The molecule has 4 heteroatoms. The topological polar surface area (TPSA) is 67.6 Å². The molecule has 0 bridgehead atoms. The highest BCUT2D eigenvalue weighted by atomic mass is 15.2. The maximum Gasteiger partial charge on any atom is 0.183 e. The Morgan fingerprint density at radius 1 is 1.10 bits per heavy atom. The van der Waals surface area contributed by atoms with Gasteiger partial charge in [0.1, 0.15) is 5.82 Å². The smallest absolute Gasteiger partial charge is 0.183 e. The highest BCUT2D eigenvalue weighted by molar-refractivity contribution is 5.93. The van der Waals surface area contributed by atoms with Crippen LogP contribution in [0.25, 0.3) is 22.3 Å². The van der Waals surface area contributed by atoms with Gasteiger partial charge in [0.2, 0.25) is 0 Å². The van der Waals surface area contributed by atoms with E-state index in [4.69, 9.17) is 10.7 Å². The summed E-state index contributed by atoms with van der Waals surface area (Å²) in [5, 5.41) is 8.16. The Hall–Kier alpha value is -2.36. The van der Waals surface area contributed by atoms with Crippen molar-refractivity contribution in [3.8, 4) is 11.3 Å². The largest absolute Gasteiger partial charge is 0.384 e. The molecular formula is C17H18N4. The fraction of sp³-hybridized carbons (Fsp3) is 0.294. The van der Waals surface area contributed by atoms with Crippen molar-refractivity contribution in [2.75, 3.05) is 5.73 Å². The van der Waals surface area contributed by atoms with Gasteiger partial charge in [0.05, 0.1) is 11.1 Å². The molecule has 0 spiro atoms. The minimum atomic E-state index is 0.242. The number of benzene rings is 1. The number of H-pyrrole nitrogens is 1. The van der Waals surface area contributed by atoms with E-state index in [0.29, 0.717) is 5.82 Å². The second kappa shape index (κ2) is 4.07. The Morgan fingerprint density at radius 2 is 1.81 bits per heavy atom. The molecular weight excluding hydrogens is 260 g/mol. The third kappa shape index (κ3) is 1.82. The zero-order chi connectivity index (χ0) is 14.6. The molecule has 0 saturated carbocycles. The number of nitrogens with one attached hydrogen (secondary N) is 1. The molecule has 2 aromatic heterocycles. The van der Waals surface area contributed by atoms with Gasteiger partial charge in [-0.05, 0) is 29.4 Å². The minimum Gasteiger partial charge on any atom is -0.384 e. The minimum absolute atomic E-state index is 0.242. The van der Waals surface area contributed by atoms with Crippen LogP contribution in [0.1, 0.15) is 25.0 Å². The lowest BCUT2D eigenvalue weighted by Crippen LogP contribution is -2.09. The normalized spacial score (nSPS) is 16.3. The standard InChI is InChI=1S/C17H18N4/c1-17(2)8-11-12(9-17)14(10-6-4-3-5-7-10)19-16-13(11)15(18)20-21-16/h3-7H,8-9H2,1-2H3,(H3,18,19,20,21). The van der Waals surface area contributed by atoms with Gasteiger partial charge in [-0.1, -0.05) is 44.2 Å². The Bertz CT molecular complexity index is 831. The summed E-state index contributed by atoms with van der Waals surface area (Å²) < 4.78 is 0. The maximum atomic E-state index is 6.07. The summed E-state index contributed by atoms with van der Waals surface area (Å²) in [6.45, 7) is 4.59. The van der Waals surface area contributed by atoms with Crippen molar-refractivity contribution in [3.05, 3.63) is 41.5 Å². The molecule has 0 fully saturated rings. The number of hydrogen-bond donors (Lipinski definition) is 2. The van der Waals surface area contributed by atoms with E-state index in [0.717, 1.165) is 35.1 Å². The zero-order valence-corrected chi connectivity index (χ0v) is 12.3. The van der Waals surface area contributed by atoms with Gasteiger partial charge >= 0.3 is 0 Å². The van der Waals surface area contributed by atoms with E-state index < -0.39 is 0 Å². The maximum absolute atomic E-state index is 6.07. The second-order valence-corrected chi connectivity index (χ2v) is 6.64. The highest BCUT2D eigenvalue weighted by Gasteiger charge is 2.34. The number of fused-ring (bicyclic) bond motifs is 3. The molecule has 1 aliphatic carbocycles. The van der Waals surface area contributed by atoms with Crippen molar-refractivity contribution < 1.29 is 0 Å². The van der Waals surface area contributed by atoms with Crippen LogP contribution in [-0.2, 0) is 12.8 Å². The number of aromatic nitrogens is 3. The molecule has 0 unspecified atom stereocenters. The molecule has 0 atom stereocenters. The average Bonchev–Trinajstić information content (AvgIpc) is 2.98. The number of anilines is 1. The number of pyridine rings is 1. The lowest BCUT2D eigenvalue weighted by Gasteiger charge is -2.15.